The quantitative estimate of drug-likeness (QED) is 0.612. The van der Waals surface area contributed by atoms with Gasteiger partial charge in [-0.15, -0.1) is 0 Å². The third-order valence-corrected chi connectivity index (χ3v) is 2.99. The normalized spacial score (nSPS) is 16.5. The van der Waals surface area contributed by atoms with E-state index >= 15 is 0 Å². The summed E-state index contributed by atoms with van der Waals surface area (Å²) in [4.78, 5) is 43.7. The fourth-order valence-corrected chi connectivity index (χ4v) is 1.89. The van der Waals surface area contributed by atoms with Crippen LogP contribution in [0.3, 0.4) is 0 Å². The van der Waals surface area contributed by atoms with Crippen molar-refractivity contribution in [3.63, 3.8) is 0 Å². The first kappa shape index (κ1) is 15.5. The number of piperidine rings is 1. The van der Waals surface area contributed by atoms with Crippen molar-refractivity contribution < 1.29 is 24.2 Å². The molecule has 1 aromatic rings. The smallest absolute Gasteiger partial charge is 0.298 e. The SMILES string of the molecule is C1=COOC=C1.O=C1CCN(Cc2ccccc2)C(=O)C1=O. The highest BCUT2D eigenvalue weighted by Crippen LogP contribution is 2.10. The van der Waals surface area contributed by atoms with Crippen LogP contribution in [0.1, 0.15) is 12.0 Å². The number of Topliss-reactive ketones (excluding diaryl/α,β-unsaturated/α-hetero) is 2. The van der Waals surface area contributed by atoms with Crippen LogP contribution in [-0.4, -0.2) is 28.9 Å². The van der Waals surface area contributed by atoms with Crippen molar-refractivity contribution in [3.05, 3.63) is 60.6 Å². The van der Waals surface area contributed by atoms with Crippen LogP contribution in [0.5, 0.6) is 0 Å². The average Bonchev–Trinajstić information content (AvgIpc) is 2.59. The fourth-order valence-electron chi connectivity index (χ4n) is 1.89. The van der Waals surface area contributed by atoms with Crippen LogP contribution in [0.15, 0.2) is 55.0 Å². The lowest BCUT2D eigenvalue weighted by atomic mass is 10.1. The maximum absolute atomic E-state index is 11.5. The first-order chi connectivity index (χ1) is 10.7. The number of carbonyl (C=O) groups excluding carboxylic acids is 3. The highest BCUT2D eigenvalue weighted by molar-refractivity contribution is 6.64. The molecule has 0 unspecified atom stereocenters. The largest absolute Gasteiger partial charge is 0.331 e. The number of benzene rings is 1. The molecule has 1 amide bonds. The Labute approximate surface area is 127 Å². The topological polar surface area (TPSA) is 72.9 Å². The second-order valence-electron chi connectivity index (χ2n) is 4.56. The molecule has 1 saturated heterocycles. The molecular formula is C16H15NO5. The van der Waals surface area contributed by atoms with Gasteiger partial charge in [0.2, 0.25) is 5.78 Å². The standard InChI is InChI=1S/C12H11NO3.C4H4O2/c14-10-6-7-13(12(16)11(10)15)8-9-4-2-1-3-5-9;1-2-4-6-5-3-1/h1-5H,6-8H2;1-4H. The Bertz CT molecular complexity index is 594. The summed E-state index contributed by atoms with van der Waals surface area (Å²) >= 11 is 0. The summed E-state index contributed by atoms with van der Waals surface area (Å²) in [5.41, 5.74) is 0.956. The third-order valence-electron chi connectivity index (χ3n) is 2.99. The predicted molar refractivity (Wildman–Crippen MR) is 76.9 cm³/mol. The van der Waals surface area contributed by atoms with Crippen molar-refractivity contribution >= 4 is 17.5 Å². The number of ketones is 2. The summed E-state index contributed by atoms with van der Waals surface area (Å²) in [5, 5.41) is 0. The maximum Gasteiger partial charge on any atom is 0.298 e. The van der Waals surface area contributed by atoms with Gasteiger partial charge in [-0.2, -0.15) is 0 Å². The van der Waals surface area contributed by atoms with Gasteiger partial charge in [-0.3, -0.25) is 24.2 Å². The van der Waals surface area contributed by atoms with Crippen molar-refractivity contribution in [2.24, 2.45) is 0 Å². The van der Waals surface area contributed by atoms with Crippen LogP contribution in [0.4, 0.5) is 0 Å². The van der Waals surface area contributed by atoms with E-state index in [1.165, 1.54) is 17.4 Å². The molecule has 6 nitrogen and oxygen atoms in total. The van der Waals surface area contributed by atoms with E-state index in [9.17, 15) is 14.4 Å². The van der Waals surface area contributed by atoms with Crippen molar-refractivity contribution in [3.8, 4) is 0 Å². The van der Waals surface area contributed by atoms with E-state index in [0.29, 0.717) is 13.1 Å². The number of likely N-dealkylation sites (tertiary alicyclic amines) is 1. The number of hydrogen-bond donors (Lipinski definition) is 0. The van der Waals surface area contributed by atoms with Gasteiger partial charge in [-0.25, -0.2) is 0 Å². The zero-order valence-electron chi connectivity index (χ0n) is 11.8. The Morgan fingerprint density at radius 2 is 1.59 bits per heavy atom. The van der Waals surface area contributed by atoms with Gasteiger partial charge in [0.15, 0.2) is 0 Å². The molecule has 0 aromatic heterocycles. The van der Waals surface area contributed by atoms with Gasteiger partial charge in [0.1, 0.15) is 12.5 Å². The van der Waals surface area contributed by atoms with E-state index in [4.69, 9.17) is 0 Å². The van der Waals surface area contributed by atoms with E-state index in [1.807, 2.05) is 30.3 Å². The number of allylic oxidation sites excluding steroid dienone is 2. The fraction of sp³-hybridized carbons (Fsp3) is 0.188. The van der Waals surface area contributed by atoms with Gasteiger partial charge in [0, 0.05) is 19.5 Å². The average molecular weight is 301 g/mol. The van der Waals surface area contributed by atoms with E-state index < -0.39 is 17.5 Å². The van der Waals surface area contributed by atoms with Crippen molar-refractivity contribution in [1.29, 1.82) is 0 Å². The van der Waals surface area contributed by atoms with Gasteiger partial charge in [-0.05, 0) is 17.7 Å². The van der Waals surface area contributed by atoms with Crippen LogP contribution in [-0.2, 0) is 30.7 Å². The van der Waals surface area contributed by atoms with E-state index in [0.717, 1.165) is 5.56 Å². The van der Waals surface area contributed by atoms with Gasteiger partial charge in [0.25, 0.3) is 11.7 Å². The minimum atomic E-state index is -0.887. The molecule has 0 bridgehead atoms. The zero-order chi connectivity index (χ0) is 15.8. The number of amides is 1. The molecule has 0 radical (unpaired) electrons. The molecule has 2 aliphatic rings. The lowest BCUT2D eigenvalue weighted by molar-refractivity contribution is -0.198. The van der Waals surface area contributed by atoms with Crippen molar-refractivity contribution in [2.45, 2.75) is 13.0 Å². The van der Waals surface area contributed by atoms with Gasteiger partial charge in [-0.1, -0.05) is 30.3 Å². The Balaban J connectivity index is 0.000000246. The van der Waals surface area contributed by atoms with Crippen molar-refractivity contribution in [2.75, 3.05) is 6.54 Å². The summed E-state index contributed by atoms with van der Waals surface area (Å²) in [6.45, 7) is 0.719. The summed E-state index contributed by atoms with van der Waals surface area (Å²) in [5.74, 6) is -2.14. The molecule has 0 aliphatic carbocycles. The highest BCUT2D eigenvalue weighted by Gasteiger charge is 2.32. The lowest BCUT2D eigenvalue weighted by Gasteiger charge is -2.24. The summed E-state index contributed by atoms with van der Waals surface area (Å²) in [7, 11) is 0. The van der Waals surface area contributed by atoms with E-state index in [-0.39, 0.29) is 6.42 Å². The molecule has 1 aromatic carbocycles. The Hall–Kier alpha value is -2.89. The zero-order valence-corrected chi connectivity index (χ0v) is 11.8. The first-order valence-corrected chi connectivity index (χ1v) is 6.72. The molecule has 0 atom stereocenters. The van der Waals surface area contributed by atoms with E-state index in [1.54, 1.807) is 12.2 Å². The minimum Gasteiger partial charge on any atom is -0.331 e. The second-order valence-corrected chi connectivity index (χ2v) is 4.56. The number of hydrogen-bond acceptors (Lipinski definition) is 5. The summed E-state index contributed by atoms with van der Waals surface area (Å²) in [6.07, 6.45) is 6.53. The molecule has 0 spiro atoms. The summed E-state index contributed by atoms with van der Waals surface area (Å²) in [6, 6.07) is 9.39. The molecule has 22 heavy (non-hydrogen) atoms. The van der Waals surface area contributed by atoms with Crippen molar-refractivity contribution in [1.82, 2.24) is 4.90 Å². The third kappa shape index (κ3) is 4.31. The number of carbonyl (C=O) groups is 3. The van der Waals surface area contributed by atoms with Crippen LogP contribution in [0, 0.1) is 0 Å². The summed E-state index contributed by atoms with van der Waals surface area (Å²) < 4.78 is 0. The predicted octanol–water partition coefficient (Wildman–Crippen LogP) is 1.53. The first-order valence-electron chi connectivity index (χ1n) is 6.72. The Morgan fingerprint density at radius 1 is 0.955 bits per heavy atom. The molecule has 3 rings (SSSR count). The molecule has 6 heteroatoms. The minimum absolute atomic E-state index is 0.136. The number of nitrogens with zero attached hydrogens (tertiary/aromatic N) is 1. The van der Waals surface area contributed by atoms with Crippen LogP contribution >= 0.6 is 0 Å². The highest BCUT2D eigenvalue weighted by atomic mass is 17.2. The van der Waals surface area contributed by atoms with Gasteiger partial charge in [0.05, 0.1) is 0 Å². The maximum atomic E-state index is 11.5. The van der Waals surface area contributed by atoms with Crippen LogP contribution in [0.25, 0.3) is 0 Å². The molecule has 2 aliphatic heterocycles. The van der Waals surface area contributed by atoms with Crippen LogP contribution < -0.4 is 0 Å². The molecule has 0 N–H and O–H groups in total. The monoisotopic (exact) mass is 301 g/mol. The van der Waals surface area contributed by atoms with Gasteiger partial charge >= 0.3 is 0 Å². The Kier molecular flexibility index (Phi) is 5.48. The lowest BCUT2D eigenvalue weighted by Crippen LogP contribution is -2.45. The Morgan fingerprint density at radius 3 is 2.14 bits per heavy atom. The molecular weight excluding hydrogens is 286 g/mol. The molecule has 114 valence electrons. The van der Waals surface area contributed by atoms with Gasteiger partial charge < -0.3 is 4.90 Å². The second kappa shape index (κ2) is 7.78. The molecule has 1 fully saturated rings. The van der Waals surface area contributed by atoms with Crippen LogP contribution in [0.2, 0.25) is 0 Å². The molecule has 0 saturated carbocycles. The van der Waals surface area contributed by atoms with E-state index in [2.05, 4.69) is 9.78 Å². The number of rotatable bonds is 2. The molecule has 2 heterocycles.